The molecule has 8 fully saturated rings. The van der Waals surface area contributed by atoms with Crippen LogP contribution in [-0.4, -0.2) is 249 Å². The van der Waals surface area contributed by atoms with Crippen LogP contribution in [0.2, 0.25) is 0 Å². The highest BCUT2D eigenvalue weighted by atomic mass is 16.6. The van der Waals surface area contributed by atoms with Gasteiger partial charge >= 0.3 is 6.09 Å². The van der Waals surface area contributed by atoms with Gasteiger partial charge in [-0.05, 0) is 209 Å². The molecule has 1 N–H and O–H groups in total. The van der Waals surface area contributed by atoms with Gasteiger partial charge in [-0.25, -0.2) is 64.6 Å². The Kier molecular flexibility index (Phi) is 30.6. The third-order valence-corrected chi connectivity index (χ3v) is 28.3. The standard InChI is InChI=1S/C33H36N6O4.C28H28N6O2.C28H27N5O3.C27H25N5O2/c1-33(2,3)43-32(40)39-12-10-26(11-13-39)42-29-9-6-23(18-24(29)20-34)30-31-28(35-21-36-30)19-27(37-31)22-4-7-25(8-5-22)38-14-16-41-17-15-38;29-17-21-15-20(3-6-26(21)36-23-7-9-30-10-8-23)27-28-25(31-18-32-27)16-24(33-28)19-1-4-22(5-2-19)34-11-13-35-14-12-34;29-17-21-15-20(3-6-26(21)36-23-7-11-34-12-8-23)27-28-25(30-18-31-27)16-24(32-28)19-1-4-22(5-2-19)33-9-13-35-14-10-33;28-15-21-13-20(5-8-25(21)34-16-18-1-2-18)26-27-24(29-17-30-26)14-23(31-27)19-3-6-22(7-4-19)32-9-11-33-12-10-32/h4-9,18,21,26H,10-17,19H2,1-3H3;1-6,15,18,23,30H,7-14,16H2;1-6,15,18,23H,7-14,16H2;3-8,13,17-18H,1-2,9-12,14,16H2. The highest BCUT2D eigenvalue weighted by Gasteiger charge is 2.34. The molecule has 0 atom stereocenters. The summed E-state index contributed by atoms with van der Waals surface area (Å²) < 4.78 is 57.1. The second-order valence-corrected chi connectivity index (χ2v) is 39.4. The predicted molar refractivity (Wildman–Crippen MR) is 567 cm³/mol. The van der Waals surface area contributed by atoms with E-state index in [1.165, 1.54) is 35.6 Å². The number of likely N-dealkylation sites (tertiary alicyclic amines) is 1. The smallest absolute Gasteiger partial charge is 0.410 e. The van der Waals surface area contributed by atoms with Gasteiger partial charge in [0.15, 0.2) is 0 Å². The molecule has 0 unspecified atom stereocenters. The molecular weight excluding hydrogens is 1880 g/mol. The monoisotopic (exact) mass is 1990 g/mol. The zero-order valence-electron chi connectivity index (χ0n) is 83.9. The van der Waals surface area contributed by atoms with E-state index in [2.05, 4.69) is 186 Å². The molecule has 4 aromatic heterocycles. The van der Waals surface area contributed by atoms with Crippen LogP contribution in [0.3, 0.4) is 0 Å². The summed E-state index contributed by atoms with van der Waals surface area (Å²) in [6.07, 6.45) is 16.0. The molecule has 0 spiro atoms. The molecule has 1 amide bonds. The first-order valence-electron chi connectivity index (χ1n) is 51.6. The van der Waals surface area contributed by atoms with Gasteiger partial charge in [0.25, 0.3) is 0 Å². The lowest BCUT2D eigenvalue weighted by Crippen LogP contribution is -2.44. The molecular formula is C116H116N22O11. The van der Waals surface area contributed by atoms with E-state index in [0.717, 1.165) is 274 Å². The van der Waals surface area contributed by atoms with Crippen molar-refractivity contribution in [2.75, 3.05) is 171 Å². The molecule has 1 aliphatic carbocycles. The summed E-state index contributed by atoms with van der Waals surface area (Å²) in [7, 11) is 0. The number of fused-ring (bicyclic) bond motifs is 4. The fourth-order valence-corrected chi connectivity index (χ4v) is 20.0. The molecule has 15 heterocycles. The van der Waals surface area contributed by atoms with Crippen molar-refractivity contribution in [2.24, 2.45) is 25.9 Å². The van der Waals surface area contributed by atoms with Crippen molar-refractivity contribution >= 4 is 74.4 Å². The van der Waals surface area contributed by atoms with Crippen LogP contribution >= 0.6 is 0 Å². The lowest BCUT2D eigenvalue weighted by atomic mass is 10.0. The average molecular weight is 1990 g/mol. The summed E-state index contributed by atoms with van der Waals surface area (Å²) in [5, 5.41) is 42.6. The van der Waals surface area contributed by atoms with Crippen molar-refractivity contribution in [3.05, 3.63) is 262 Å². The van der Waals surface area contributed by atoms with Gasteiger partial charge in [0.2, 0.25) is 0 Å². The van der Waals surface area contributed by atoms with Gasteiger partial charge < -0.3 is 77.2 Å². The second-order valence-electron chi connectivity index (χ2n) is 39.4. The number of carbonyl (C=O) groups is 1. The van der Waals surface area contributed by atoms with Gasteiger partial charge in [0.1, 0.15) is 119 Å². The Bertz CT molecular complexity index is 6980. The van der Waals surface area contributed by atoms with Crippen LogP contribution in [0.4, 0.5) is 50.3 Å². The Hall–Kier alpha value is -15.9. The largest absolute Gasteiger partial charge is 0.492 e. The number of nitrogens with zero attached hydrogens (tertiary/aromatic N) is 21. The summed E-state index contributed by atoms with van der Waals surface area (Å²) in [4.78, 5) is 79.4. The number of aliphatic imine (C=N–C) groups is 4. The Labute approximate surface area is 866 Å². The normalized spacial score (nSPS) is 17.5. The van der Waals surface area contributed by atoms with Gasteiger partial charge in [0.05, 0.1) is 163 Å². The number of anilines is 4. The summed E-state index contributed by atoms with van der Waals surface area (Å²) in [5.74, 6) is 3.02. The van der Waals surface area contributed by atoms with Gasteiger partial charge in [-0.2, -0.15) is 21.0 Å². The van der Waals surface area contributed by atoms with E-state index in [1.54, 1.807) is 36.3 Å². The number of carbonyl (C=O) groups excluding carboxylic acids is 1. The Balaban J connectivity index is 0.000000117. The van der Waals surface area contributed by atoms with Gasteiger partial charge in [0, 0.05) is 162 Å². The number of nitriles is 4. The minimum absolute atomic E-state index is 0.0711. The number of morpholine rings is 4. The van der Waals surface area contributed by atoms with Crippen molar-refractivity contribution in [2.45, 2.75) is 122 Å². The fraction of sp³-hybridized carbons (Fsp3) is 0.371. The molecule has 33 nitrogen and oxygen atoms in total. The van der Waals surface area contributed by atoms with Gasteiger partial charge in [-0.1, -0.05) is 48.5 Å². The first kappa shape index (κ1) is 99.1. The molecule has 11 aliphatic heterocycles. The third-order valence-electron chi connectivity index (χ3n) is 28.3. The molecule has 12 aromatic rings. The first-order chi connectivity index (χ1) is 73.1. The van der Waals surface area contributed by atoms with E-state index in [9.17, 15) is 25.8 Å². The number of hydrogen-bond donors (Lipinski definition) is 1. The van der Waals surface area contributed by atoms with E-state index in [1.807, 2.05) is 87.5 Å². The molecule has 1 saturated carbocycles. The molecule has 7 saturated heterocycles. The molecule has 0 radical (unpaired) electrons. The maximum Gasteiger partial charge on any atom is 0.410 e. The van der Waals surface area contributed by atoms with E-state index < -0.39 is 5.60 Å². The fourth-order valence-electron chi connectivity index (χ4n) is 20.0. The predicted octanol–water partition coefficient (Wildman–Crippen LogP) is 17.4. The highest BCUT2D eigenvalue weighted by molar-refractivity contribution is 6.10. The first-order valence-corrected chi connectivity index (χ1v) is 51.6. The van der Waals surface area contributed by atoms with E-state index in [4.69, 9.17) is 67.3 Å². The number of hydrogen-bond acceptors (Lipinski definition) is 32. The van der Waals surface area contributed by atoms with Crippen molar-refractivity contribution in [3.8, 4) is 92.3 Å². The molecule has 0 bridgehead atoms. The van der Waals surface area contributed by atoms with Crippen LogP contribution in [0.1, 0.15) is 139 Å². The highest BCUT2D eigenvalue weighted by Crippen LogP contribution is 2.45. The lowest BCUT2D eigenvalue weighted by Gasteiger charge is -2.33. The van der Waals surface area contributed by atoms with Crippen LogP contribution in [0.5, 0.6) is 23.0 Å². The van der Waals surface area contributed by atoms with Crippen LogP contribution in [-0.2, 0) is 54.1 Å². The van der Waals surface area contributed by atoms with E-state index >= 15 is 0 Å². The van der Waals surface area contributed by atoms with Crippen molar-refractivity contribution in [3.63, 3.8) is 0 Å². The Morgan fingerprint density at radius 2 is 0.611 bits per heavy atom. The number of piperidine rings is 2. The third kappa shape index (κ3) is 23.7. The maximum absolute atomic E-state index is 12.4. The summed E-state index contributed by atoms with van der Waals surface area (Å²) in [5.41, 5.74) is 27.3. The molecule has 149 heavy (non-hydrogen) atoms. The molecule has 12 aliphatic rings. The second kappa shape index (κ2) is 46.1. The number of ether oxygens (including phenoxy) is 10. The van der Waals surface area contributed by atoms with Crippen molar-refractivity contribution in [1.82, 2.24) is 50.1 Å². The van der Waals surface area contributed by atoms with Crippen LogP contribution in [0, 0.1) is 51.2 Å². The molecule has 756 valence electrons. The Morgan fingerprint density at radius 1 is 0.336 bits per heavy atom. The van der Waals surface area contributed by atoms with Crippen LogP contribution < -0.4 is 43.9 Å². The minimum atomic E-state index is -0.528. The van der Waals surface area contributed by atoms with Crippen molar-refractivity contribution < 1.29 is 52.2 Å². The summed E-state index contributed by atoms with van der Waals surface area (Å²) >= 11 is 0. The van der Waals surface area contributed by atoms with E-state index in [0.29, 0.717) is 128 Å². The lowest BCUT2D eigenvalue weighted by molar-refractivity contribution is 0.0126. The quantitative estimate of drug-likeness (QED) is 0.0698. The van der Waals surface area contributed by atoms with E-state index in [-0.39, 0.29) is 24.4 Å². The SMILES string of the molecule is CC(C)(C)OC(=O)N1CCC(Oc2ccc(-c3ncnc4c3N=C(c3ccc(N5CCOCC5)cc3)C4)cc2C#N)CC1.N#Cc1cc(-c2ncnc3c2N=C(c2ccc(N4CCOCC4)cc2)C3)ccc1OC1CCNCC1.N#Cc1cc(-c2ncnc3c2N=C(c2ccc(N4CCOCC4)cc2)C3)ccc1OC1CCOCC1.N#Cc1cc(-c2ncnc3c2N=C(c2ccc(N4CCOCC4)cc2)C3)ccc1OCC1CC1. The topological polar surface area (TPSA) is 385 Å². The zero-order chi connectivity index (χ0) is 102. The number of rotatable bonds is 21. The number of nitrogens with one attached hydrogen (secondary N) is 1. The zero-order valence-corrected chi connectivity index (χ0v) is 83.9. The number of aromatic nitrogens is 8. The summed E-state index contributed by atoms with van der Waals surface area (Å²) in [6.45, 7) is 24.0. The Morgan fingerprint density at radius 3 is 0.906 bits per heavy atom. The number of benzene rings is 8. The molecule has 33 heteroatoms. The molecule has 24 rings (SSSR count). The molecule has 8 aromatic carbocycles. The minimum Gasteiger partial charge on any atom is -0.492 e. The van der Waals surface area contributed by atoms with Crippen molar-refractivity contribution in [1.29, 1.82) is 21.0 Å². The van der Waals surface area contributed by atoms with Crippen LogP contribution in [0.15, 0.2) is 215 Å². The average Bonchev–Trinajstić information content (AvgIpc) is 1.67. The van der Waals surface area contributed by atoms with Crippen LogP contribution in [0.25, 0.3) is 45.0 Å². The van der Waals surface area contributed by atoms with Gasteiger partial charge in [-0.15, -0.1) is 0 Å². The summed E-state index contributed by atoms with van der Waals surface area (Å²) in [6, 6.07) is 65.8. The van der Waals surface area contributed by atoms with Gasteiger partial charge in [-0.3, -0.25) is 0 Å². The number of amides is 1. The maximum atomic E-state index is 12.4.